The van der Waals surface area contributed by atoms with Gasteiger partial charge in [-0.2, -0.15) is 0 Å². The van der Waals surface area contributed by atoms with E-state index in [1.165, 1.54) is 6.08 Å². The van der Waals surface area contributed by atoms with E-state index in [0.29, 0.717) is 15.6 Å². The molecule has 96 valence electrons. The Labute approximate surface area is 130 Å². The van der Waals surface area contributed by atoms with Gasteiger partial charge in [-0.3, -0.25) is 4.79 Å². The number of hydrogen-bond acceptors (Lipinski definition) is 1. The van der Waals surface area contributed by atoms with Crippen molar-refractivity contribution in [3.05, 3.63) is 74.2 Å². The van der Waals surface area contributed by atoms with Crippen molar-refractivity contribution in [2.75, 3.05) is 0 Å². The minimum absolute atomic E-state index is 0.116. The van der Waals surface area contributed by atoms with Gasteiger partial charge < -0.3 is 0 Å². The zero-order valence-electron chi connectivity index (χ0n) is 9.74. The van der Waals surface area contributed by atoms with Gasteiger partial charge in [-0.15, -0.1) is 0 Å². The first-order valence-electron chi connectivity index (χ1n) is 5.50. The summed E-state index contributed by atoms with van der Waals surface area (Å²) in [5.74, 6) is -0.116. The lowest BCUT2D eigenvalue weighted by Gasteiger charge is -2.00. The second-order valence-corrected chi connectivity index (χ2v) is 5.52. The average molecular weight is 356 g/mol. The molecule has 1 nitrogen and oxygen atoms in total. The van der Waals surface area contributed by atoms with Crippen molar-refractivity contribution in [1.29, 1.82) is 0 Å². The molecule has 19 heavy (non-hydrogen) atoms. The van der Waals surface area contributed by atoms with Crippen LogP contribution in [0.1, 0.15) is 15.9 Å². The fourth-order valence-electron chi connectivity index (χ4n) is 1.52. The van der Waals surface area contributed by atoms with Crippen molar-refractivity contribution in [3.8, 4) is 0 Å². The number of carbonyl (C=O) groups is 1. The van der Waals surface area contributed by atoms with Crippen molar-refractivity contribution in [3.63, 3.8) is 0 Å². The third kappa shape index (κ3) is 3.69. The lowest BCUT2D eigenvalue weighted by molar-refractivity contribution is 0.104. The van der Waals surface area contributed by atoms with Crippen LogP contribution in [-0.2, 0) is 0 Å². The molecule has 0 saturated carbocycles. The van der Waals surface area contributed by atoms with Crippen molar-refractivity contribution < 1.29 is 4.79 Å². The second kappa shape index (κ2) is 6.38. The maximum Gasteiger partial charge on any atom is 0.185 e. The van der Waals surface area contributed by atoms with Crippen LogP contribution in [0.5, 0.6) is 0 Å². The molecule has 0 aliphatic rings. The van der Waals surface area contributed by atoms with Gasteiger partial charge >= 0.3 is 0 Å². The zero-order chi connectivity index (χ0) is 13.8. The van der Waals surface area contributed by atoms with E-state index in [-0.39, 0.29) is 5.78 Å². The highest BCUT2D eigenvalue weighted by Crippen LogP contribution is 2.23. The van der Waals surface area contributed by atoms with Crippen LogP contribution in [0.15, 0.2) is 53.0 Å². The Kier molecular flexibility index (Phi) is 4.81. The third-order valence-electron chi connectivity index (χ3n) is 2.52. The first kappa shape index (κ1) is 14.3. The van der Waals surface area contributed by atoms with Gasteiger partial charge in [-0.25, -0.2) is 0 Å². The van der Waals surface area contributed by atoms with Gasteiger partial charge in [-0.1, -0.05) is 57.3 Å². The van der Waals surface area contributed by atoms with E-state index in [4.69, 9.17) is 23.2 Å². The van der Waals surface area contributed by atoms with Crippen molar-refractivity contribution in [1.82, 2.24) is 0 Å². The average Bonchev–Trinajstić information content (AvgIpc) is 2.40. The highest BCUT2D eigenvalue weighted by Gasteiger charge is 2.05. The summed E-state index contributed by atoms with van der Waals surface area (Å²) in [6.45, 7) is 0. The van der Waals surface area contributed by atoms with Crippen LogP contribution in [0.4, 0.5) is 0 Å². The number of ketones is 1. The Morgan fingerprint density at radius 1 is 1.05 bits per heavy atom. The molecule has 0 unspecified atom stereocenters. The highest BCUT2D eigenvalue weighted by atomic mass is 79.9. The minimum Gasteiger partial charge on any atom is -0.289 e. The summed E-state index contributed by atoms with van der Waals surface area (Å²) >= 11 is 15.1. The number of hydrogen-bond donors (Lipinski definition) is 0. The summed E-state index contributed by atoms with van der Waals surface area (Å²) in [4.78, 5) is 12.0. The smallest absolute Gasteiger partial charge is 0.185 e. The van der Waals surface area contributed by atoms with Crippen LogP contribution in [0.2, 0.25) is 10.0 Å². The monoisotopic (exact) mass is 354 g/mol. The highest BCUT2D eigenvalue weighted by molar-refractivity contribution is 9.10. The van der Waals surface area contributed by atoms with E-state index in [9.17, 15) is 4.79 Å². The molecule has 2 aromatic rings. The molecule has 2 aromatic carbocycles. The quantitative estimate of drug-likeness (QED) is 0.513. The summed E-state index contributed by atoms with van der Waals surface area (Å²) in [5, 5.41) is 0.815. The van der Waals surface area contributed by atoms with Gasteiger partial charge in [0, 0.05) is 10.0 Å². The van der Waals surface area contributed by atoms with Gasteiger partial charge in [0.05, 0.1) is 10.0 Å². The molecule has 0 N–H and O–H groups in total. The van der Waals surface area contributed by atoms with Gasteiger partial charge in [0.2, 0.25) is 0 Å². The van der Waals surface area contributed by atoms with E-state index < -0.39 is 0 Å². The number of rotatable bonds is 3. The number of allylic oxidation sites excluding steroid dienone is 1. The summed E-state index contributed by atoms with van der Waals surface area (Å²) in [7, 11) is 0. The van der Waals surface area contributed by atoms with Crippen LogP contribution < -0.4 is 0 Å². The molecule has 4 heteroatoms. The summed E-state index contributed by atoms with van der Waals surface area (Å²) in [5.41, 5.74) is 1.45. The predicted molar refractivity (Wildman–Crippen MR) is 84.0 cm³/mol. The van der Waals surface area contributed by atoms with E-state index in [1.54, 1.807) is 24.3 Å². The maximum atomic E-state index is 12.0. The molecule has 0 heterocycles. The lowest BCUT2D eigenvalue weighted by atomic mass is 10.1. The van der Waals surface area contributed by atoms with Crippen molar-refractivity contribution in [2.45, 2.75) is 0 Å². The van der Waals surface area contributed by atoms with Crippen LogP contribution in [0, 0.1) is 0 Å². The second-order valence-electron chi connectivity index (χ2n) is 3.85. The molecule has 0 aliphatic heterocycles. The standard InChI is InChI=1S/C15H9BrCl2O/c16-12-4-2-1-3-10(12)6-8-15(19)11-5-7-13(17)14(18)9-11/h1-9H/b8-6+. The van der Waals surface area contributed by atoms with Crippen LogP contribution in [-0.4, -0.2) is 5.78 Å². The van der Waals surface area contributed by atoms with Gasteiger partial charge in [0.15, 0.2) is 5.78 Å². The normalized spacial score (nSPS) is 10.9. The van der Waals surface area contributed by atoms with Crippen LogP contribution >= 0.6 is 39.1 Å². The Hall–Kier alpha value is -1.09. The third-order valence-corrected chi connectivity index (χ3v) is 3.98. The summed E-state index contributed by atoms with van der Waals surface area (Å²) in [6.07, 6.45) is 3.27. The first-order chi connectivity index (χ1) is 9.08. The first-order valence-corrected chi connectivity index (χ1v) is 7.05. The topological polar surface area (TPSA) is 17.1 Å². The summed E-state index contributed by atoms with van der Waals surface area (Å²) in [6, 6.07) is 12.5. The summed E-state index contributed by atoms with van der Waals surface area (Å²) < 4.78 is 0.938. The Bertz CT molecular complexity index is 650. The van der Waals surface area contributed by atoms with Crippen molar-refractivity contribution >= 4 is 51.0 Å². The fraction of sp³-hybridized carbons (Fsp3) is 0. The van der Waals surface area contributed by atoms with Gasteiger partial charge in [0.25, 0.3) is 0 Å². The van der Waals surface area contributed by atoms with Crippen LogP contribution in [0.25, 0.3) is 6.08 Å². The molecule has 0 atom stereocenters. The molecule has 0 aliphatic carbocycles. The molecular formula is C15H9BrCl2O. The molecular weight excluding hydrogens is 347 g/mol. The van der Waals surface area contributed by atoms with Gasteiger partial charge in [-0.05, 0) is 42.0 Å². The molecule has 0 amide bonds. The molecule has 0 radical (unpaired) electrons. The Morgan fingerprint density at radius 2 is 1.79 bits per heavy atom. The largest absolute Gasteiger partial charge is 0.289 e. The molecule has 0 bridgehead atoms. The van der Waals surface area contributed by atoms with E-state index in [2.05, 4.69) is 15.9 Å². The predicted octanol–water partition coefficient (Wildman–Crippen LogP) is 5.65. The number of benzene rings is 2. The number of carbonyl (C=O) groups excluding carboxylic acids is 1. The molecule has 0 saturated heterocycles. The van der Waals surface area contributed by atoms with Crippen LogP contribution in [0.3, 0.4) is 0 Å². The van der Waals surface area contributed by atoms with E-state index >= 15 is 0 Å². The Balaban J connectivity index is 2.21. The minimum atomic E-state index is -0.116. The SMILES string of the molecule is O=C(/C=C/c1ccccc1Br)c1ccc(Cl)c(Cl)c1. The van der Waals surface area contributed by atoms with E-state index in [1.807, 2.05) is 24.3 Å². The number of halogens is 3. The van der Waals surface area contributed by atoms with Gasteiger partial charge in [0.1, 0.15) is 0 Å². The molecule has 0 spiro atoms. The fourth-order valence-corrected chi connectivity index (χ4v) is 2.24. The lowest BCUT2D eigenvalue weighted by Crippen LogP contribution is -1.93. The molecule has 0 aromatic heterocycles. The van der Waals surface area contributed by atoms with E-state index in [0.717, 1.165) is 10.0 Å². The molecule has 2 rings (SSSR count). The molecule has 0 fully saturated rings. The maximum absolute atomic E-state index is 12.0. The zero-order valence-corrected chi connectivity index (χ0v) is 12.8. The Morgan fingerprint density at radius 3 is 2.47 bits per heavy atom. The van der Waals surface area contributed by atoms with Crippen molar-refractivity contribution in [2.24, 2.45) is 0 Å².